The van der Waals surface area contributed by atoms with Gasteiger partial charge >= 0.3 is 11.9 Å². The molecule has 9 heteroatoms. The van der Waals surface area contributed by atoms with Gasteiger partial charge in [0, 0.05) is 16.8 Å². The van der Waals surface area contributed by atoms with E-state index in [0.29, 0.717) is 22.4 Å². The van der Waals surface area contributed by atoms with Gasteiger partial charge < -0.3 is 28.8 Å². The van der Waals surface area contributed by atoms with Crippen LogP contribution in [0.25, 0.3) is 16.6 Å². The summed E-state index contributed by atoms with van der Waals surface area (Å²) in [7, 11) is 2.93. The second-order valence-corrected chi connectivity index (χ2v) is 9.46. The predicted octanol–water partition coefficient (Wildman–Crippen LogP) is 6.60. The number of nitrogens with zero attached hydrogens (tertiary/aromatic N) is 1. The van der Waals surface area contributed by atoms with Gasteiger partial charge in [-0.25, -0.2) is 9.59 Å². The molecule has 0 spiro atoms. The van der Waals surface area contributed by atoms with E-state index in [4.69, 9.17) is 18.9 Å². The lowest BCUT2D eigenvalue weighted by atomic mass is 10.1. The van der Waals surface area contributed by atoms with Crippen molar-refractivity contribution in [1.29, 1.82) is 0 Å². The van der Waals surface area contributed by atoms with Gasteiger partial charge in [-0.3, -0.25) is 4.79 Å². The third kappa shape index (κ3) is 5.65. The molecule has 0 saturated heterocycles. The van der Waals surface area contributed by atoms with Gasteiger partial charge in [-0.2, -0.15) is 0 Å². The molecule has 0 aliphatic carbocycles. The van der Waals surface area contributed by atoms with E-state index in [1.807, 2.05) is 41.8 Å². The summed E-state index contributed by atoms with van der Waals surface area (Å²) < 4.78 is 23.8. The first-order chi connectivity index (χ1) is 20.9. The topological polar surface area (TPSA) is 105 Å². The Labute approximate surface area is 248 Å². The summed E-state index contributed by atoms with van der Waals surface area (Å²) in [6, 6.07) is 26.2. The first-order valence-corrected chi connectivity index (χ1v) is 13.6. The minimum Gasteiger partial charge on any atom is -0.493 e. The number of hydrogen-bond acceptors (Lipinski definition) is 7. The number of amides is 1. The van der Waals surface area contributed by atoms with Crippen molar-refractivity contribution in [2.75, 3.05) is 26.1 Å². The van der Waals surface area contributed by atoms with E-state index in [2.05, 4.69) is 5.32 Å². The van der Waals surface area contributed by atoms with E-state index in [1.165, 1.54) is 14.2 Å². The van der Waals surface area contributed by atoms with Crippen LogP contribution in [0.2, 0.25) is 0 Å². The number of esters is 2. The number of para-hydroxylation sites is 3. The summed E-state index contributed by atoms with van der Waals surface area (Å²) in [5.41, 5.74) is 3.35. The monoisotopic (exact) mass is 578 g/mol. The molecule has 0 saturated carbocycles. The van der Waals surface area contributed by atoms with Crippen molar-refractivity contribution in [1.82, 2.24) is 4.57 Å². The van der Waals surface area contributed by atoms with Crippen LogP contribution in [0.3, 0.4) is 0 Å². The van der Waals surface area contributed by atoms with Crippen molar-refractivity contribution < 1.29 is 33.3 Å². The second kappa shape index (κ2) is 12.5. The Bertz CT molecular complexity index is 1830. The van der Waals surface area contributed by atoms with Gasteiger partial charge in [0.15, 0.2) is 11.5 Å². The molecule has 0 aliphatic heterocycles. The molecule has 0 unspecified atom stereocenters. The highest BCUT2D eigenvalue weighted by atomic mass is 16.5. The average molecular weight is 579 g/mol. The molecule has 5 rings (SSSR count). The van der Waals surface area contributed by atoms with Gasteiger partial charge in [0.25, 0.3) is 5.91 Å². The zero-order chi connectivity index (χ0) is 30.5. The van der Waals surface area contributed by atoms with Crippen LogP contribution in [0.4, 0.5) is 5.69 Å². The van der Waals surface area contributed by atoms with Crippen LogP contribution in [-0.2, 0) is 4.74 Å². The van der Waals surface area contributed by atoms with E-state index >= 15 is 0 Å². The van der Waals surface area contributed by atoms with Gasteiger partial charge in [-0.05, 0) is 68.4 Å². The van der Waals surface area contributed by atoms with Crippen LogP contribution in [0.15, 0.2) is 91.0 Å². The molecule has 0 radical (unpaired) electrons. The average Bonchev–Trinajstić information content (AvgIpc) is 3.32. The Morgan fingerprint density at radius 3 is 2.23 bits per heavy atom. The molecular formula is C34H30N2O7. The Kier molecular flexibility index (Phi) is 8.43. The van der Waals surface area contributed by atoms with E-state index in [-0.39, 0.29) is 34.9 Å². The number of methoxy groups -OCH3 is 2. The molecular weight excluding hydrogens is 548 g/mol. The molecule has 9 nitrogen and oxygen atoms in total. The normalized spacial score (nSPS) is 10.7. The Morgan fingerprint density at radius 1 is 0.791 bits per heavy atom. The summed E-state index contributed by atoms with van der Waals surface area (Å²) in [5.74, 6) is -0.755. The van der Waals surface area contributed by atoms with Crippen molar-refractivity contribution in [3.8, 4) is 22.9 Å². The quantitative estimate of drug-likeness (QED) is 0.155. The highest BCUT2D eigenvalue weighted by Crippen LogP contribution is 2.34. The SMILES string of the molecule is CCOC(=O)c1c(C)n(-c2ccccc2)c2ccc(OC(=O)c3ccccc3NC(=O)c3cccc(OC)c3OC)cc12. The lowest BCUT2D eigenvalue weighted by Gasteiger charge is -2.14. The van der Waals surface area contributed by atoms with Crippen molar-refractivity contribution in [3.63, 3.8) is 0 Å². The highest BCUT2D eigenvalue weighted by Gasteiger charge is 2.24. The number of benzene rings is 4. The smallest absolute Gasteiger partial charge is 0.345 e. The van der Waals surface area contributed by atoms with Crippen LogP contribution in [0.5, 0.6) is 17.2 Å². The fraction of sp³-hybridized carbons (Fsp3) is 0.147. The van der Waals surface area contributed by atoms with E-state index in [9.17, 15) is 14.4 Å². The second-order valence-electron chi connectivity index (χ2n) is 9.46. The predicted molar refractivity (Wildman–Crippen MR) is 163 cm³/mol. The molecule has 1 N–H and O–H groups in total. The Morgan fingerprint density at radius 2 is 1.51 bits per heavy atom. The number of hydrogen-bond donors (Lipinski definition) is 1. The van der Waals surface area contributed by atoms with E-state index in [1.54, 1.807) is 67.6 Å². The first kappa shape index (κ1) is 28.9. The van der Waals surface area contributed by atoms with Crippen LogP contribution < -0.4 is 19.5 Å². The van der Waals surface area contributed by atoms with Gasteiger partial charge in [-0.15, -0.1) is 0 Å². The Balaban J connectivity index is 1.48. The van der Waals surface area contributed by atoms with Crippen molar-refractivity contribution in [3.05, 3.63) is 113 Å². The minimum atomic E-state index is -0.690. The molecule has 1 heterocycles. The molecule has 0 bridgehead atoms. The van der Waals surface area contributed by atoms with Gasteiger partial charge in [0.05, 0.1) is 48.7 Å². The highest BCUT2D eigenvalue weighted by molar-refractivity contribution is 6.10. The third-order valence-corrected chi connectivity index (χ3v) is 6.92. The van der Waals surface area contributed by atoms with Crippen LogP contribution >= 0.6 is 0 Å². The fourth-order valence-corrected chi connectivity index (χ4v) is 5.02. The Hall–Kier alpha value is -5.57. The number of aromatic nitrogens is 1. The van der Waals surface area contributed by atoms with E-state index in [0.717, 1.165) is 11.2 Å². The number of anilines is 1. The summed E-state index contributed by atoms with van der Waals surface area (Å²) in [4.78, 5) is 39.6. The molecule has 1 aromatic heterocycles. The maximum atomic E-state index is 13.4. The van der Waals surface area contributed by atoms with Crippen molar-refractivity contribution in [2.45, 2.75) is 13.8 Å². The molecule has 5 aromatic rings. The molecule has 0 atom stereocenters. The van der Waals surface area contributed by atoms with Gasteiger partial charge in [0.1, 0.15) is 5.75 Å². The maximum absolute atomic E-state index is 13.4. The van der Waals surface area contributed by atoms with Crippen LogP contribution in [0.1, 0.15) is 43.7 Å². The molecule has 218 valence electrons. The standard InChI is InChI=1S/C34H30N2O7/c1-5-42-34(39)30-21(2)36(22-12-7-6-8-13-22)28-19-18-23(20-26(28)30)43-33(38)24-14-9-10-16-27(24)35-32(37)25-15-11-17-29(40-3)31(25)41-4/h6-20H,5H2,1-4H3,(H,35,37). The van der Waals surface area contributed by atoms with Gasteiger partial charge in [-0.1, -0.05) is 36.4 Å². The number of carbonyl (C=O) groups excluding carboxylic acids is 3. The first-order valence-electron chi connectivity index (χ1n) is 13.6. The van der Waals surface area contributed by atoms with Crippen molar-refractivity contribution >= 4 is 34.4 Å². The third-order valence-electron chi connectivity index (χ3n) is 6.92. The lowest BCUT2D eigenvalue weighted by molar-refractivity contribution is 0.0527. The number of rotatable bonds is 9. The molecule has 0 aliphatic rings. The van der Waals surface area contributed by atoms with Crippen molar-refractivity contribution in [2.24, 2.45) is 0 Å². The zero-order valence-electron chi connectivity index (χ0n) is 24.2. The summed E-state index contributed by atoms with van der Waals surface area (Å²) in [6.45, 7) is 3.81. The number of ether oxygens (including phenoxy) is 4. The van der Waals surface area contributed by atoms with Crippen LogP contribution in [0, 0.1) is 6.92 Å². The summed E-state index contributed by atoms with van der Waals surface area (Å²) in [5, 5.41) is 3.36. The summed E-state index contributed by atoms with van der Waals surface area (Å²) in [6.07, 6.45) is 0. The summed E-state index contributed by atoms with van der Waals surface area (Å²) >= 11 is 0. The number of carbonyl (C=O) groups is 3. The zero-order valence-corrected chi connectivity index (χ0v) is 24.2. The molecule has 0 fully saturated rings. The van der Waals surface area contributed by atoms with E-state index < -0.39 is 17.8 Å². The maximum Gasteiger partial charge on any atom is 0.345 e. The molecule has 43 heavy (non-hydrogen) atoms. The number of nitrogens with one attached hydrogen (secondary N) is 1. The minimum absolute atomic E-state index is 0.140. The lowest BCUT2D eigenvalue weighted by Crippen LogP contribution is -2.18. The largest absolute Gasteiger partial charge is 0.493 e. The fourth-order valence-electron chi connectivity index (χ4n) is 5.02. The molecule has 1 amide bonds. The number of fused-ring (bicyclic) bond motifs is 1. The van der Waals surface area contributed by atoms with Gasteiger partial charge in [0.2, 0.25) is 0 Å². The molecule has 4 aromatic carbocycles. The van der Waals surface area contributed by atoms with Crippen LogP contribution in [-0.4, -0.2) is 43.2 Å².